The quantitative estimate of drug-likeness (QED) is 0.681. The van der Waals surface area contributed by atoms with Crippen molar-refractivity contribution in [3.8, 4) is 11.3 Å². The van der Waals surface area contributed by atoms with Crippen LogP contribution in [0.2, 0.25) is 0 Å². The largest absolute Gasteiger partial charge is 0.342 e. The lowest BCUT2D eigenvalue weighted by molar-refractivity contribution is -0.114. The van der Waals surface area contributed by atoms with E-state index in [9.17, 15) is 13.6 Å². The standard InChI is InChI=1S/C21H23F2N5O/c1-11-5-14(6-11)28-10-16(15-8-19(26-13(3)29)24-9-18(15)28)17-7-12(2)25-20(27-17)21(4,22)23/h7-11,14H,5-6H2,1-4H3,(H,24,26,29). The lowest BCUT2D eigenvalue weighted by atomic mass is 9.81. The van der Waals surface area contributed by atoms with E-state index in [1.54, 1.807) is 25.3 Å². The van der Waals surface area contributed by atoms with Gasteiger partial charge in [-0.15, -0.1) is 0 Å². The molecular formula is C21H23F2N5O. The smallest absolute Gasteiger partial charge is 0.303 e. The Labute approximate surface area is 167 Å². The maximum Gasteiger partial charge on any atom is 0.303 e. The van der Waals surface area contributed by atoms with Crippen LogP contribution in [0.1, 0.15) is 51.2 Å². The highest BCUT2D eigenvalue weighted by atomic mass is 19.3. The molecule has 3 aromatic rings. The summed E-state index contributed by atoms with van der Waals surface area (Å²) in [7, 11) is 0. The van der Waals surface area contributed by atoms with Crippen LogP contribution >= 0.6 is 0 Å². The second kappa shape index (κ2) is 6.86. The minimum Gasteiger partial charge on any atom is -0.342 e. The zero-order valence-electron chi connectivity index (χ0n) is 16.8. The number of nitrogens with one attached hydrogen (secondary N) is 1. The number of aromatic nitrogens is 4. The van der Waals surface area contributed by atoms with Gasteiger partial charge in [-0.2, -0.15) is 8.78 Å². The molecule has 3 aromatic heterocycles. The van der Waals surface area contributed by atoms with Gasteiger partial charge in [0.25, 0.3) is 0 Å². The average molecular weight is 399 g/mol. The first-order chi connectivity index (χ1) is 13.6. The first-order valence-corrected chi connectivity index (χ1v) is 9.64. The SMILES string of the molecule is CC(=O)Nc1cc2c(-c3cc(C)nc(C(C)(F)F)n3)cn(C3CC(C)C3)c2cn1. The number of amides is 1. The summed E-state index contributed by atoms with van der Waals surface area (Å²) in [5, 5.41) is 3.50. The van der Waals surface area contributed by atoms with Crippen molar-refractivity contribution in [3.05, 3.63) is 36.0 Å². The molecule has 1 amide bonds. The number of nitrogens with zero attached hydrogens (tertiary/aromatic N) is 4. The minimum atomic E-state index is -3.13. The molecule has 29 heavy (non-hydrogen) atoms. The molecule has 1 aliphatic carbocycles. The third kappa shape index (κ3) is 3.71. The van der Waals surface area contributed by atoms with Gasteiger partial charge in [0.15, 0.2) is 5.82 Å². The van der Waals surface area contributed by atoms with E-state index in [-0.39, 0.29) is 5.91 Å². The summed E-state index contributed by atoms with van der Waals surface area (Å²) in [6, 6.07) is 3.81. The zero-order valence-corrected chi connectivity index (χ0v) is 16.8. The number of anilines is 1. The van der Waals surface area contributed by atoms with E-state index in [1.807, 2.05) is 6.20 Å². The highest BCUT2D eigenvalue weighted by molar-refractivity contribution is 5.98. The minimum absolute atomic E-state index is 0.226. The lowest BCUT2D eigenvalue weighted by Gasteiger charge is -2.34. The monoisotopic (exact) mass is 399 g/mol. The number of rotatable bonds is 4. The number of fused-ring (bicyclic) bond motifs is 1. The molecule has 0 radical (unpaired) electrons. The Morgan fingerprint density at radius 2 is 2.00 bits per heavy atom. The molecule has 8 heteroatoms. The number of pyridine rings is 1. The van der Waals surface area contributed by atoms with Gasteiger partial charge in [-0.05, 0) is 37.8 Å². The molecule has 0 saturated heterocycles. The molecule has 3 heterocycles. The Balaban J connectivity index is 1.91. The summed E-state index contributed by atoms with van der Waals surface area (Å²) >= 11 is 0. The Morgan fingerprint density at radius 1 is 1.28 bits per heavy atom. The van der Waals surface area contributed by atoms with Crippen LogP contribution in [0.25, 0.3) is 22.2 Å². The van der Waals surface area contributed by atoms with Crippen molar-refractivity contribution in [2.24, 2.45) is 5.92 Å². The lowest BCUT2D eigenvalue weighted by Crippen LogP contribution is -2.24. The molecule has 6 nitrogen and oxygen atoms in total. The Kier molecular flexibility index (Phi) is 4.59. The number of halogens is 2. The fourth-order valence-corrected chi connectivity index (χ4v) is 3.89. The predicted molar refractivity (Wildman–Crippen MR) is 107 cm³/mol. The van der Waals surface area contributed by atoms with Crippen LogP contribution in [0.4, 0.5) is 14.6 Å². The third-order valence-corrected chi connectivity index (χ3v) is 5.29. The van der Waals surface area contributed by atoms with Gasteiger partial charge in [0.05, 0.1) is 17.4 Å². The number of carbonyl (C=O) groups excluding carboxylic acids is 1. The van der Waals surface area contributed by atoms with E-state index in [0.29, 0.717) is 29.2 Å². The van der Waals surface area contributed by atoms with Crippen molar-refractivity contribution in [2.75, 3.05) is 5.32 Å². The van der Waals surface area contributed by atoms with Crippen LogP contribution in [0.15, 0.2) is 24.5 Å². The highest BCUT2D eigenvalue weighted by Gasteiger charge is 2.31. The summed E-state index contributed by atoms with van der Waals surface area (Å²) in [4.78, 5) is 23.9. The fraction of sp³-hybridized carbons (Fsp3) is 0.429. The van der Waals surface area contributed by atoms with Crippen molar-refractivity contribution in [1.82, 2.24) is 19.5 Å². The van der Waals surface area contributed by atoms with E-state index >= 15 is 0 Å². The molecule has 1 aliphatic rings. The average Bonchev–Trinajstić information content (AvgIpc) is 2.95. The van der Waals surface area contributed by atoms with Gasteiger partial charge in [-0.25, -0.2) is 15.0 Å². The van der Waals surface area contributed by atoms with Crippen molar-refractivity contribution >= 4 is 22.6 Å². The number of carbonyl (C=O) groups is 1. The summed E-state index contributed by atoms with van der Waals surface area (Å²) in [5.41, 5.74) is 2.53. The van der Waals surface area contributed by atoms with Crippen LogP contribution in [0.3, 0.4) is 0 Å². The van der Waals surface area contributed by atoms with E-state index < -0.39 is 11.7 Å². The summed E-state index contributed by atoms with van der Waals surface area (Å²) < 4.78 is 30.0. The Bertz CT molecular complexity index is 1100. The molecule has 1 N–H and O–H groups in total. The second-order valence-electron chi connectivity index (χ2n) is 8.05. The maximum absolute atomic E-state index is 13.9. The molecule has 0 atom stereocenters. The van der Waals surface area contributed by atoms with E-state index in [1.165, 1.54) is 6.92 Å². The molecule has 0 spiro atoms. The molecule has 0 aliphatic heterocycles. The summed E-state index contributed by atoms with van der Waals surface area (Å²) in [6.45, 7) is 6.09. The van der Waals surface area contributed by atoms with Gasteiger partial charge < -0.3 is 9.88 Å². The van der Waals surface area contributed by atoms with Gasteiger partial charge in [0, 0.05) is 42.7 Å². The first kappa shape index (κ1) is 19.4. The first-order valence-electron chi connectivity index (χ1n) is 9.64. The van der Waals surface area contributed by atoms with Crippen molar-refractivity contribution < 1.29 is 13.6 Å². The molecule has 0 aromatic carbocycles. The number of alkyl halides is 2. The van der Waals surface area contributed by atoms with Gasteiger partial charge in [-0.1, -0.05) is 6.92 Å². The summed E-state index contributed by atoms with van der Waals surface area (Å²) in [6.07, 6.45) is 5.78. The number of hydrogen-bond donors (Lipinski definition) is 1. The van der Waals surface area contributed by atoms with Crippen molar-refractivity contribution in [2.45, 2.75) is 52.5 Å². The van der Waals surface area contributed by atoms with Crippen molar-refractivity contribution in [3.63, 3.8) is 0 Å². The van der Waals surface area contributed by atoms with E-state index in [4.69, 9.17) is 0 Å². The maximum atomic E-state index is 13.9. The fourth-order valence-electron chi connectivity index (χ4n) is 3.89. The van der Waals surface area contributed by atoms with Gasteiger partial charge >= 0.3 is 5.92 Å². The normalized spacial score (nSPS) is 19.2. The van der Waals surface area contributed by atoms with Gasteiger partial charge in [0.1, 0.15) is 5.82 Å². The van der Waals surface area contributed by atoms with Crippen LogP contribution < -0.4 is 5.32 Å². The molecule has 152 valence electrons. The Hall–Kier alpha value is -2.90. The molecule has 4 rings (SSSR count). The van der Waals surface area contributed by atoms with Crippen molar-refractivity contribution in [1.29, 1.82) is 0 Å². The molecule has 1 saturated carbocycles. The van der Waals surface area contributed by atoms with Crippen LogP contribution in [-0.4, -0.2) is 25.4 Å². The zero-order chi connectivity index (χ0) is 20.9. The number of hydrogen-bond acceptors (Lipinski definition) is 4. The van der Waals surface area contributed by atoms with Gasteiger partial charge in [-0.3, -0.25) is 4.79 Å². The number of aryl methyl sites for hydroxylation is 1. The second-order valence-corrected chi connectivity index (χ2v) is 8.05. The molecule has 0 unspecified atom stereocenters. The van der Waals surface area contributed by atoms with E-state index in [0.717, 1.165) is 36.2 Å². The van der Waals surface area contributed by atoms with E-state index in [2.05, 4.69) is 31.8 Å². The third-order valence-electron chi connectivity index (χ3n) is 5.29. The summed E-state index contributed by atoms with van der Waals surface area (Å²) in [5.74, 6) is -2.79. The highest BCUT2D eigenvalue weighted by Crippen LogP contribution is 2.42. The Morgan fingerprint density at radius 3 is 2.62 bits per heavy atom. The molecule has 0 bridgehead atoms. The predicted octanol–water partition coefficient (Wildman–Crippen LogP) is 4.84. The molecular weight excluding hydrogens is 376 g/mol. The van der Waals surface area contributed by atoms with Crippen LogP contribution in [0, 0.1) is 12.8 Å². The van der Waals surface area contributed by atoms with Crippen LogP contribution in [-0.2, 0) is 10.7 Å². The van der Waals surface area contributed by atoms with Crippen LogP contribution in [0.5, 0.6) is 0 Å². The van der Waals surface area contributed by atoms with Gasteiger partial charge in [0.2, 0.25) is 5.91 Å². The molecule has 1 fully saturated rings. The topological polar surface area (TPSA) is 72.7 Å².